The van der Waals surface area contributed by atoms with Gasteiger partial charge >= 0.3 is 13.1 Å². The largest absolute Gasteiger partial charge is 0.496 e. The first-order chi connectivity index (χ1) is 9.57. The molecule has 1 aliphatic rings. The van der Waals surface area contributed by atoms with Crippen LogP contribution < -0.4 is 0 Å². The number of nitrogens with zero attached hydrogens (tertiary/aromatic N) is 1. The van der Waals surface area contributed by atoms with Crippen molar-refractivity contribution in [2.75, 3.05) is 14.2 Å². The molecule has 1 heterocycles. The molecular weight excluding hydrogens is 269 g/mol. The summed E-state index contributed by atoms with van der Waals surface area (Å²) in [6.07, 6.45) is 1.62. The van der Waals surface area contributed by atoms with Crippen molar-refractivity contribution in [1.82, 2.24) is 0 Å². The molecule has 0 radical (unpaired) electrons. The minimum atomic E-state index is -0.629. The highest BCUT2D eigenvalue weighted by molar-refractivity contribution is 6.61. The van der Waals surface area contributed by atoms with E-state index in [1.807, 2.05) is 41.5 Å². The topological polar surface area (TPSA) is 57.1 Å². The van der Waals surface area contributed by atoms with Gasteiger partial charge in [0.25, 0.3) is 0 Å². The van der Waals surface area contributed by atoms with Gasteiger partial charge in [-0.05, 0) is 33.6 Å². The summed E-state index contributed by atoms with van der Waals surface area (Å²) in [5, 5.41) is 0. The zero-order chi connectivity index (χ0) is 16.4. The molecular formula is C15H26BNO4. The van der Waals surface area contributed by atoms with E-state index in [9.17, 15) is 4.79 Å². The maximum atomic E-state index is 12.1. The lowest BCUT2D eigenvalue weighted by atomic mass is 9.73. The highest BCUT2D eigenvalue weighted by atomic mass is 16.7. The van der Waals surface area contributed by atoms with Crippen molar-refractivity contribution in [2.24, 2.45) is 10.9 Å². The molecule has 0 spiro atoms. The maximum Gasteiger partial charge on any atom is 0.496 e. The molecule has 1 fully saturated rings. The fourth-order valence-electron chi connectivity index (χ4n) is 2.16. The normalized spacial score (nSPS) is 21.9. The van der Waals surface area contributed by atoms with E-state index in [0.717, 1.165) is 0 Å². The predicted molar refractivity (Wildman–Crippen MR) is 84.4 cm³/mol. The van der Waals surface area contributed by atoms with Crippen molar-refractivity contribution in [3.05, 3.63) is 11.0 Å². The number of esters is 1. The van der Waals surface area contributed by atoms with Crippen molar-refractivity contribution >= 4 is 19.3 Å². The number of rotatable bonds is 4. The van der Waals surface area contributed by atoms with Crippen LogP contribution in [0, 0.1) is 5.92 Å². The number of allylic oxidation sites excluding steroid dienone is 1. The molecule has 5 nitrogen and oxygen atoms in total. The zero-order valence-corrected chi connectivity index (χ0v) is 14.3. The molecule has 0 aliphatic carbocycles. The lowest BCUT2D eigenvalue weighted by Gasteiger charge is -2.32. The van der Waals surface area contributed by atoms with Crippen molar-refractivity contribution in [1.29, 1.82) is 0 Å². The Morgan fingerprint density at radius 2 is 1.67 bits per heavy atom. The van der Waals surface area contributed by atoms with E-state index in [-0.39, 0.29) is 11.9 Å². The van der Waals surface area contributed by atoms with Crippen molar-refractivity contribution in [3.8, 4) is 0 Å². The minimum Gasteiger partial charge on any atom is -0.466 e. The molecule has 6 heteroatoms. The van der Waals surface area contributed by atoms with Crippen LogP contribution >= 0.6 is 0 Å². The Balaban J connectivity index is 3.34. The molecule has 0 unspecified atom stereocenters. The monoisotopic (exact) mass is 295 g/mol. The fourth-order valence-corrected chi connectivity index (χ4v) is 2.16. The molecule has 0 bridgehead atoms. The van der Waals surface area contributed by atoms with Gasteiger partial charge in [-0.3, -0.25) is 4.99 Å². The molecule has 1 saturated heterocycles. The van der Waals surface area contributed by atoms with Crippen molar-refractivity contribution in [2.45, 2.75) is 52.7 Å². The summed E-state index contributed by atoms with van der Waals surface area (Å²) in [7, 11) is 2.39. The molecule has 118 valence electrons. The Hall–Kier alpha value is -1.14. The Labute approximate surface area is 127 Å². The second-order valence-corrected chi connectivity index (χ2v) is 6.49. The van der Waals surface area contributed by atoms with Gasteiger partial charge in [-0.2, -0.15) is 0 Å². The van der Waals surface area contributed by atoms with Crippen LogP contribution in [-0.2, 0) is 18.8 Å². The summed E-state index contributed by atoms with van der Waals surface area (Å²) < 4.78 is 16.9. The van der Waals surface area contributed by atoms with Crippen LogP contribution in [0.15, 0.2) is 16.0 Å². The van der Waals surface area contributed by atoms with E-state index in [1.54, 1.807) is 13.3 Å². The summed E-state index contributed by atoms with van der Waals surface area (Å²) >= 11 is 0. The number of ether oxygens (including phenoxy) is 1. The molecule has 0 N–H and O–H groups in total. The molecule has 0 amide bonds. The third-order valence-corrected chi connectivity index (χ3v) is 4.07. The number of methoxy groups -OCH3 is 1. The summed E-state index contributed by atoms with van der Waals surface area (Å²) in [6, 6.07) is 0. The SMILES string of the molecule is C/N=C\C(B1OC(C)(C)C(C)(C)O1)=C(\C(=O)OC)C(C)C. The van der Waals surface area contributed by atoms with Gasteiger partial charge in [-0.1, -0.05) is 13.8 Å². The van der Waals surface area contributed by atoms with E-state index in [1.165, 1.54) is 7.11 Å². The molecule has 0 aromatic carbocycles. The summed E-state index contributed by atoms with van der Waals surface area (Å²) in [6.45, 7) is 11.8. The van der Waals surface area contributed by atoms with Crippen LogP contribution in [-0.4, -0.2) is 44.7 Å². The summed E-state index contributed by atoms with van der Waals surface area (Å²) in [4.78, 5) is 16.1. The molecule has 0 atom stereocenters. The van der Waals surface area contributed by atoms with E-state index in [4.69, 9.17) is 14.0 Å². The average molecular weight is 295 g/mol. The van der Waals surface area contributed by atoms with Crippen LogP contribution in [0.25, 0.3) is 0 Å². The number of carbonyl (C=O) groups is 1. The van der Waals surface area contributed by atoms with Gasteiger partial charge in [0.2, 0.25) is 0 Å². The number of aliphatic imine (C=N–C) groups is 1. The van der Waals surface area contributed by atoms with Crippen molar-refractivity contribution < 1.29 is 18.8 Å². The first-order valence-corrected chi connectivity index (χ1v) is 7.17. The predicted octanol–water partition coefficient (Wildman–Crippen LogP) is 2.44. The third kappa shape index (κ3) is 3.55. The highest BCUT2D eigenvalue weighted by Crippen LogP contribution is 2.39. The van der Waals surface area contributed by atoms with Gasteiger partial charge in [0, 0.05) is 24.3 Å². The van der Waals surface area contributed by atoms with Gasteiger partial charge in [0.05, 0.1) is 18.3 Å². The molecule has 21 heavy (non-hydrogen) atoms. The standard InChI is InChI=1S/C15H26BNO4/c1-10(2)12(13(18)19-8)11(9-17-7)16-20-14(3,4)15(5,6)21-16/h9-10H,1-8H3/b12-11-,17-9-. The Bertz CT molecular complexity index is 450. The Kier molecular flexibility index (Phi) is 5.39. The van der Waals surface area contributed by atoms with E-state index < -0.39 is 18.3 Å². The highest BCUT2D eigenvalue weighted by Gasteiger charge is 2.53. The third-order valence-electron chi connectivity index (χ3n) is 4.07. The number of carbonyl (C=O) groups excluding carboxylic acids is 1. The summed E-state index contributed by atoms with van der Waals surface area (Å²) in [5.74, 6) is -0.404. The van der Waals surface area contributed by atoms with Crippen LogP contribution in [0.3, 0.4) is 0 Å². The first kappa shape index (κ1) is 17.9. The summed E-state index contributed by atoms with van der Waals surface area (Å²) in [5.41, 5.74) is 0.213. The lowest BCUT2D eigenvalue weighted by Crippen LogP contribution is -2.41. The van der Waals surface area contributed by atoms with E-state index >= 15 is 0 Å². The average Bonchev–Trinajstić information content (AvgIpc) is 2.57. The Morgan fingerprint density at radius 3 is 2.00 bits per heavy atom. The van der Waals surface area contributed by atoms with E-state index in [2.05, 4.69) is 4.99 Å². The van der Waals surface area contributed by atoms with Gasteiger partial charge in [0.1, 0.15) is 0 Å². The second-order valence-electron chi connectivity index (χ2n) is 6.49. The minimum absolute atomic E-state index is 0.0236. The number of hydrogen-bond acceptors (Lipinski definition) is 5. The molecule has 0 aromatic heterocycles. The van der Waals surface area contributed by atoms with Crippen LogP contribution in [0.5, 0.6) is 0 Å². The smallest absolute Gasteiger partial charge is 0.466 e. The van der Waals surface area contributed by atoms with Gasteiger partial charge in [-0.15, -0.1) is 0 Å². The molecule has 0 saturated carbocycles. The van der Waals surface area contributed by atoms with Gasteiger partial charge in [0.15, 0.2) is 0 Å². The van der Waals surface area contributed by atoms with Crippen LogP contribution in [0.4, 0.5) is 0 Å². The first-order valence-electron chi connectivity index (χ1n) is 7.17. The fraction of sp³-hybridized carbons (Fsp3) is 0.733. The second kappa shape index (κ2) is 6.32. The van der Waals surface area contributed by atoms with Crippen LogP contribution in [0.2, 0.25) is 0 Å². The van der Waals surface area contributed by atoms with E-state index in [0.29, 0.717) is 11.0 Å². The van der Waals surface area contributed by atoms with Gasteiger partial charge in [-0.25, -0.2) is 4.79 Å². The quantitative estimate of drug-likeness (QED) is 0.346. The lowest BCUT2D eigenvalue weighted by molar-refractivity contribution is -0.136. The van der Waals surface area contributed by atoms with Gasteiger partial charge < -0.3 is 14.0 Å². The zero-order valence-electron chi connectivity index (χ0n) is 14.3. The molecule has 1 aliphatic heterocycles. The molecule has 1 rings (SSSR count). The van der Waals surface area contributed by atoms with Crippen molar-refractivity contribution in [3.63, 3.8) is 0 Å². The van der Waals surface area contributed by atoms with Crippen LogP contribution in [0.1, 0.15) is 41.5 Å². The number of hydrogen-bond donors (Lipinski definition) is 0. The Morgan fingerprint density at radius 1 is 1.19 bits per heavy atom. The maximum absolute atomic E-state index is 12.1. The molecule has 0 aromatic rings.